The average Bonchev–Trinajstić information content (AvgIpc) is 3.04. The molecule has 10 heteroatoms. The molecule has 32 heavy (non-hydrogen) atoms. The Morgan fingerprint density at radius 3 is 2.59 bits per heavy atom. The summed E-state index contributed by atoms with van der Waals surface area (Å²) in [5, 5.41) is 2.63. The maximum atomic E-state index is 12.9. The number of methoxy groups -OCH3 is 1. The molecule has 0 saturated carbocycles. The third-order valence-electron chi connectivity index (χ3n) is 4.51. The first-order chi connectivity index (χ1) is 15.4. The third kappa shape index (κ3) is 5.97. The number of carbonyl (C=O) groups excluding carboxylic acids is 2. The van der Waals surface area contributed by atoms with E-state index in [-0.39, 0.29) is 24.0 Å². The molecule has 0 bridgehead atoms. The predicted octanol–water partition coefficient (Wildman–Crippen LogP) is 4.67. The van der Waals surface area contributed by atoms with Crippen molar-refractivity contribution in [3.63, 3.8) is 0 Å². The van der Waals surface area contributed by atoms with E-state index in [4.69, 9.17) is 4.74 Å². The van der Waals surface area contributed by atoms with Crippen molar-refractivity contribution in [1.29, 1.82) is 0 Å². The van der Waals surface area contributed by atoms with Crippen LogP contribution in [0.25, 0.3) is 0 Å². The first kappa shape index (κ1) is 23.5. The second-order valence-electron chi connectivity index (χ2n) is 6.82. The van der Waals surface area contributed by atoms with Crippen molar-refractivity contribution < 1.29 is 27.8 Å². The zero-order valence-electron chi connectivity index (χ0n) is 17.6. The number of hydrogen-bond acceptors (Lipinski definition) is 6. The van der Waals surface area contributed by atoms with Crippen LogP contribution in [0.2, 0.25) is 0 Å². The number of rotatable bonds is 9. The van der Waals surface area contributed by atoms with Crippen LogP contribution < -0.4 is 14.8 Å². The molecule has 2 aromatic rings. The lowest BCUT2D eigenvalue weighted by atomic mass is 10.2. The number of carbonyl (C=O) groups is 2. The van der Waals surface area contributed by atoms with Gasteiger partial charge in [0.25, 0.3) is 0 Å². The minimum Gasteiger partial charge on any atom is -0.495 e. The van der Waals surface area contributed by atoms with Gasteiger partial charge in [0.05, 0.1) is 18.5 Å². The van der Waals surface area contributed by atoms with Crippen molar-refractivity contribution in [1.82, 2.24) is 4.90 Å². The maximum Gasteiger partial charge on any atom is 0.387 e. The van der Waals surface area contributed by atoms with E-state index in [2.05, 4.69) is 15.0 Å². The Kier molecular flexibility index (Phi) is 8.04. The Morgan fingerprint density at radius 1 is 1.22 bits per heavy atom. The second kappa shape index (κ2) is 10.9. The van der Waals surface area contributed by atoms with Crippen LogP contribution in [0, 0.1) is 0 Å². The zero-order chi connectivity index (χ0) is 23.1. The Morgan fingerprint density at radius 2 is 1.94 bits per heavy atom. The van der Waals surface area contributed by atoms with E-state index >= 15 is 0 Å². The first-order valence-electron chi connectivity index (χ1n) is 9.95. The predicted molar refractivity (Wildman–Crippen MR) is 120 cm³/mol. The summed E-state index contributed by atoms with van der Waals surface area (Å²) < 4.78 is 34.2. The lowest BCUT2D eigenvalue weighted by molar-refractivity contribution is -0.128. The smallest absolute Gasteiger partial charge is 0.387 e. The van der Waals surface area contributed by atoms with Gasteiger partial charge in [0, 0.05) is 13.0 Å². The number of nitrogens with one attached hydrogen (secondary N) is 1. The topological polar surface area (TPSA) is 80.2 Å². The molecule has 1 N–H and O–H groups in total. The largest absolute Gasteiger partial charge is 0.495 e. The summed E-state index contributed by atoms with van der Waals surface area (Å²) in [6.07, 6.45) is 0.689. The molecule has 7 nitrogen and oxygen atoms in total. The van der Waals surface area contributed by atoms with Crippen molar-refractivity contribution >= 4 is 40.1 Å². The van der Waals surface area contributed by atoms with E-state index in [0.717, 1.165) is 0 Å². The highest BCUT2D eigenvalue weighted by atomic mass is 32.2. The van der Waals surface area contributed by atoms with Gasteiger partial charge < -0.3 is 14.8 Å². The number of thioether (sulfide) groups is 1. The van der Waals surface area contributed by atoms with E-state index in [0.29, 0.717) is 35.3 Å². The lowest BCUT2D eigenvalue weighted by Gasteiger charge is -2.15. The normalized spacial score (nSPS) is 17.2. The second-order valence-corrected chi connectivity index (χ2v) is 7.99. The molecule has 0 aromatic heterocycles. The lowest BCUT2D eigenvalue weighted by Crippen LogP contribution is -2.34. The fourth-order valence-electron chi connectivity index (χ4n) is 3.08. The molecule has 1 heterocycles. The number of amides is 2. The van der Waals surface area contributed by atoms with Gasteiger partial charge in [0.1, 0.15) is 16.7 Å². The number of hydrogen-bond donors (Lipinski definition) is 1. The molecule has 1 aliphatic heterocycles. The molecule has 2 aromatic carbocycles. The maximum absolute atomic E-state index is 12.9. The van der Waals surface area contributed by atoms with Gasteiger partial charge >= 0.3 is 6.61 Å². The number of aliphatic imine (C=N–C) groups is 1. The van der Waals surface area contributed by atoms with Crippen LogP contribution >= 0.6 is 11.8 Å². The van der Waals surface area contributed by atoms with Gasteiger partial charge in [0.2, 0.25) is 11.8 Å². The highest BCUT2D eigenvalue weighted by Crippen LogP contribution is 2.33. The molecule has 1 saturated heterocycles. The minimum atomic E-state index is -2.90. The van der Waals surface area contributed by atoms with E-state index in [1.165, 1.54) is 43.1 Å². The molecule has 0 aliphatic carbocycles. The molecule has 1 fully saturated rings. The molecule has 170 valence electrons. The third-order valence-corrected chi connectivity index (χ3v) is 5.68. The van der Waals surface area contributed by atoms with Crippen molar-refractivity contribution in [2.24, 2.45) is 4.99 Å². The van der Waals surface area contributed by atoms with E-state index in [1.54, 1.807) is 29.2 Å². The van der Waals surface area contributed by atoms with Crippen LogP contribution in [0.1, 0.15) is 19.8 Å². The van der Waals surface area contributed by atoms with Gasteiger partial charge in [0.15, 0.2) is 5.17 Å². The van der Waals surface area contributed by atoms with Gasteiger partial charge in [-0.2, -0.15) is 8.78 Å². The van der Waals surface area contributed by atoms with Gasteiger partial charge in [-0.05, 0) is 42.8 Å². The molecule has 1 aliphatic rings. The van der Waals surface area contributed by atoms with E-state index < -0.39 is 11.9 Å². The van der Waals surface area contributed by atoms with Crippen LogP contribution in [-0.2, 0) is 9.59 Å². The van der Waals surface area contributed by atoms with Crippen LogP contribution in [0.3, 0.4) is 0 Å². The van der Waals surface area contributed by atoms with Crippen molar-refractivity contribution in [2.45, 2.75) is 31.6 Å². The fraction of sp³-hybridized carbons (Fsp3) is 0.318. The summed E-state index contributed by atoms with van der Waals surface area (Å²) in [5.74, 6) is 0.0470. The summed E-state index contributed by atoms with van der Waals surface area (Å²) in [5.41, 5.74) is 1.02. The Balaban J connectivity index is 1.71. The Bertz CT molecular complexity index is 985. The van der Waals surface area contributed by atoms with Gasteiger partial charge in [-0.15, -0.1) is 0 Å². The Hall–Kier alpha value is -3.14. The van der Waals surface area contributed by atoms with Gasteiger partial charge in [-0.25, -0.2) is 4.99 Å². The number of para-hydroxylation sites is 2. The van der Waals surface area contributed by atoms with E-state index in [1.807, 2.05) is 6.92 Å². The molecule has 3 rings (SSSR count). The van der Waals surface area contributed by atoms with Crippen LogP contribution in [0.4, 0.5) is 20.2 Å². The number of nitrogens with zero attached hydrogens (tertiary/aromatic N) is 2. The minimum absolute atomic E-state index is 0.0235. The number of anilines is 1. The SMILES string of the molecule is CCCN1C(=O)C(CC(=O)Nc2ccccc2OC)SC1=Nc1ccc(OC(F)F)cc1. The summed E-state index contributed by atoms with van der Waals surface area (Å²) in [4.78, 5) is 31.5. The van der Waals surface area contributed by atoms with Crippen LogP contribution in [-0.4, -0.2) is 47.4 Å². The van der Waals surface area contributed by atoms with Crippen molar-refractivity contribution in [3.8, 4) is 11.5 Å². The molecular weight excluding hydrogens is 440 g/mol. The van der Waals surface area contributed by atoms with Crippen molar-refractivity contribution in [2.75, 3.05) is 19.0 Å². The molecule has 2 amide bonds. The zero-order valence-corrected chi connectivity index (χ0v) is 18.4. The molecule has 1 unspecified atom stereocenters. The van der Waals surface area contributed by atoms with Gasteiger partial charge in [-0.3, -0.25) is 14.5 Å². The number of ether oxygens (including phenoxy) is 2. The van der Waals surface area contributed by atoms with Gasteiger partial charge in [-0.1, -0.05) is 30.8 Å². The summed E-state index contributed by atoms with van der Waals surface area (Å²) in [6, 6.07) is 12.9. The highest BCUT2D eigenvalue weighted by Gasteiger charge is 2.38. The van der Waals surface area contributed by atoms with Crippen LogP contribution in [0.5, 0.6) is 11.5 Å². The number of halogens is 2. The number of amidine groups is 1. The number of alkyl halides is 2. The fourth-order valence-corrected chi connectivity index (χ4v) is 4.27. The summed E-state index contributed by atoms with van der Waals surface area (Å²) in [6.45, 7) is -0.506. The standard InChI is InChI=1S/C22H23F2N3O4S/c1-3-12-27-20(29)18(13-19(28)26-16-6-4-5-7-17(16)30-2)32-22(27)25-14-8-10-15(11-9-14)31-21(23)24/h4-11,18,21H,3,12-13H2,1-2H3,(H,26,28). The van der Waals surface area contributed by atoms with Crippen molar-refractivity contribution in [3.05, 3.63) is 48.5 Å². The average molecular weight is 464 g/mol. The summed E-state index contributed by atoms with van der Waals surface area (Å²) in [7, 11) is 1.51. The molecular formula is C22H23F2N3O4S. The highest BCUT2D eigenvalue weighted by molar-refractivity contribution is 8.15. The first-order valence-corrected chi connectivity index (χ1v) is 10.8. The molecule has 0 radical (unpaired) electrons. The summed E-state index contributed by atoms with van der Waals surface area (Å²) >= 11 is 1.21. The molecule has 0 spiro atoms. The number of benzene rings is 2. The van der Waals surface area contributed by atoms with E-state index in [9.17, 15) is 18.4 Å². The quantitative estimate of drug-likeness (QED) is 0.585. The Labute approximate surface area is 188 Å². The molecule has 1 atom stereocenters. The monoisotopic (exact) mass is 463 g/mol. The van der Waals surface area contributed by atoms with Crippen LogP contribution in [0.15, 0.2) is 53.5 Å².